The lowest BCUT2D eigenvalue weighted by Crippen LogP contribution is -2.22. The van der Waals surface area contributed by atoms with Gasteiger partial charge in [0, 0.05) is 18.2 Å². The average molecular weight is 307 g/mol. The van der Waals surface area contributed by atoms with E-state index in [-0.39, 0.29) is 5.43 Å². The van der Waals surface area contributed by atoms with Crippen molar-refractivity contribution >= 4 is 11.0 Å². The van der Waals surface area contributed by atoms with Crippen LogP contribution in [-0.2, 0) is 6.54 Å². The molecule has 0 unspecified atom stereocenters. The molecular formula is C20H21NO2. The Morgan fingerprint density at radius 2 is 1.70 bits per heavy atom. The zero-order chi connectivity index (χ0) is 16.2. The van der Waals surface area contributed by atoms with Gasteiger partial charge in [0.15, 0.2) is 5.43 Å². The third-order valence-corrected chi connectivity index (χ3v) is 4.15. The molecule has 0 saturated heterocycles. The Bertz CT molecular complexity index is 848. The second kappa shape index (κ2) is 6.80. The summed E-state index contributed by atoms with van der Waals surface area (Å²) >= 11 is 0. The summed E-state index contributed by atoms with van der Waals surface area (Å²) in [4.78, 5) is 14.8. The Balaban J connectivity index is 2.02. The summed E-state index contributed by atoms with van der Waals surface area (Å²) in [5.41, 5.74) is 2.70. The van der Waals surface area contributed by atoms with Crippen molar-refractivity contribution in [3.05, 3.63) is 70.4 Å². The van der Waals surface area contributed by atoms with Crippen LogP contribution in [0.25, 0.3) is 22.3 Å². The van der Waals surface area contributed by atoms with Crippen molar-refractivity contribution < 1.29 is 4.42 Å². The van der Waals surface area contributed by atoms with Crippen LogP contribution in [-0.4, -0.2) is 18.0 Å². The smallest absolute Gasteiger partial charge is 0.193 e. The molecule has 3 heteroatoms. The molecule has 3 nitrogen and oxygen atoms in total. The van der Waals surface area contributed by atoms with Gasteiger partial charge in [-0.2, -0.15) is 0 Å². The zero-order valence-electron chi connectivity index (χ0n) is 13.6. The van der Waals surface area contributed by atoms with Crippen LogP contribution in [0.5, 0.6) is 0 Å². The second-order valence-corrected chi connectivity index (χ2v) is 5.63. The lowest BCUT2D eigenvalue weighted by atomic mass is 10.1. The van der Waals surface area contributed by atoms with Gasteiger partial charge in [-0.25, -0.2) is 0 Å². The van der Waals surface area contributed by atoms with Gasteiger partial charge in [-0.15, -0.1) is 0 Å². The minimum Gasteiger partial charge on any atom is -0.456 e. The van der Waals surface area contributed by atoms with Crippen LogP contribution < -0.4 is 5.43 Å². The molecule has 118 valence electrons. The zero-order valence-corrected chi connectivity index (χ0v) is 13.6. The maximum absolute atomic E-state index is 12.5. The number of hydrogen-bond donors (Lipinski definition) is 0. The highest BCUT2D eigenvalue weighted by atomic mass is 16.3. The molecule has 0 atom stereocenters. The number of benzene rings is 2. The maximum Gasteiger partial charge on any atom is 0.193 e. The molecule has 0 aliphatic rings. The molecule has 0 N–H and O–H groups in total. The maximum atomic E-state index is 12.5. The van der Waals surface area contributed by atoms with Gasteiger partial charge in [0.1, 0.15) is 11.3 Å². The molecule has 1 heterocycles. The number of hydrogen-bond acceptors (Lipinski definition) is 3. The number of fused-ring (bicyclic) bond motifs is 1. The first-order chi connectivity index (χ1) is 11.2. The highest BCUT2D eigenvalue weighted by Crippen LogP contribution is 2.22. The molecule has 23 heavy (non-hydrogen) atoms. The molecule has 0 fully saturated rings. The van der Waals surface area contributed by atoms with E-state index in [4.69, 9.17) is 4.42 Å². The van der Waals surface area contributed by atoms with E-state index in [1.165, 1.54) is 0 Å². The van der Waals surface area contributed by atoms with Crippen molar-refractivity contribution in [2.45, 2.75) is 20.4 Å². The predicted octanol–water partition coefficient (Wildman–Crippen LogP) is 4.30. The van der Waals surface area contributed by atoms with E-state index in [9.17, 15) is 4.79 Å². The van der Waals surface area contributed by atoms with E-state index in [2.05, 4.69) is 18.7 Å². The monoisotopic (exact) mass is 307 g/mol. The Kier molecular flexibility index (Phi) is 4.58. The third kappa shape index (κ3) is 3.35. The third-order valence-electron chi connectivity index (χ3n) is 4.15. The molecule has 0 aliphatic carbocycles. The highest BCUT2D eigenvalue weighted by Gasteiger charge is 2.09. The quantitative estimate of drug-likeness (QED) is 0.704. The van der Waals surface area contributed by atoms with E-state index < -0.39 is 0 Å². The van der Waals surface area contributed by atoms with Gasteiger partial charge in [-0.1, -0.05) is 50.2 Å². The van der Waals surface area contributed by atoms with E-state index in [0.29, 0.717) is 16.7 Å². The average Bonchev–Trinajstić information content (AvgIpc) is 2.60. The lowest BCUT2D eigenvalue weighted by Gasteiger charge is -2.18. The lowest BCUT2D eigenvalue weighted by molar-refractivity contribution is 0.296. The molecule has 0 bridgehead atoms. The Hall–Kier alpha value is -2.39. The number of rotatable bonds is 5. The Morgan fingerprint density at radius 3 is 2.39 bits per heavy atom. The summed E-state index contributed by atoms with van der Waals surface area (Å²) < 4.78 is 5.93. The van der Waals surface area contributed by atoms with Crippen LogP contribution in [0.4, 0.5) is 0 Å². The largest absolute Gasteiger partial charge is 0.456 e. The molecule has 0 saturated carbocycles. The van der Waals surface area contributed by atoms with Gasteiger partial charge in [-0.05, 0) is 30.8 Å². The molecule has 2 aromatic carbocycles. The van der Waals surface area contributed by atoms with Gasteiger partial charge in [0.05, 0.1) is 5.39 Å². The van der Waals surface area contributed by atoms with E-state index in [1.54, 1.807) is 6.07 Å². The Morgan fingerprint density at radius 1 is 0.957 bits per heavy atom. The van der Waals surface area contributed by atoms with E-state index >= 15 is 0 Å². The van der Waals surface area contributed by atoms with Gasteiger partial charge in [-0.3, -0.25) is 9.69 Å². The van der Waals surface area contributed by atoms with Gasteiger partial charge in [0.25, 0.3) is 0 Å². The van der Waals surface area contributed by atoms with Crippen molar-refractivity contribution in [2.24, 2.45) is 0 Å². The summed E-state index contributed by atoms with van der Waals surface area (Å²) in [7, 11) is 0. The normalized spacial score (nSPS) is 11.3. The van der Waals surface area contributed by atoms with Crippen molar-refractivity contribution in [1.82, 2.24) is 4.90 Å². The van der Waals surface area contributed by atoms with Crippen LogP contribution in [0.1, 0.15) is 19.4 Å². The second-order valence-electron chi connectivity index (χ2n) is 5.63. The molecule has 0 amide bonds. The minimum absolute atomic E-state index is 0.00602. The van der Waals surface area contributed by atoms with Crippen molar-refractivity contribution in [1.29, 1.82) is 0 Å². The first-order valence-corrected chi connectivity index (χ1v) is 8.05. The van der Waals surface area contributed by atoms with Gasteiger partial charge < -0.3 is 4.42 Å². The van der Waals surface area contributed by atoms with Crippen LogP contribution in [0.3, 0.4) is 0 Å². The van der Waals surface area contributed by atoms with Crippen LogP contribution >= 0.6 is 0 Å². The summed E-state index contributed by atoms with van der Waals surface area (Å²) in [5.74, 6) is 0.611. The first-order valence-electron chi connectivity index (χ1n) is 8.05. The van der Waals surface area contributed by atoms with Crippen LogP contribution in [0.15, 0.2) is 63.8 Å². The summed E-state index contributed by atoms with van der Waals surface area (Å²) in [6.45, 7) is 7.13. The molecule has 0 radical (unpaired) electrons. The van der Waals surface area contributed by atoms with Gasteiger partial charge in [0.2, 0.25) is 0 Å². The standard InChI is InChI=1S/C20H21NO2/c1-3-21(4-2)14-15-10-11-19-17(12-15)18(22)13-20(23-19)16-8-6-5-7-9-16/h5-13H,3-4,14H2,1-2H3. The molecule has 1 aromatic heterocycles. The Labute approximate surface area is 136 Å². The minimum atomic E-state index is 0.00602. The summed E-state index contributed by atoms with van der Waals surface area (Å²) in [6, 6.07) is 17.2. The summed E-state index contributed by atoms with van der Waals surface area (Å²) in [6.07, 6.45) is 0. The molecule has 0 spiro atoms. The summed E-state index contributed by atoms with van der Waals surface area (Å²) in [5, 5.41) is 0.648. The number of nitrogens with zero attached hydrogens (tertiary/aromatic N) is 1. The topological polar surface area (TPSA) is 33.5 Å². The molecule has 3 aromatic rings. The van der Waals surface area contributed by atoms with Crippen LogP contribution in [0.2, 0.25) is 0 Å². The van der Waals surface area contributed by atoms with E-state index in [1.807, 2.05) is 48.5 Å². The van der Waals surface area contributed by atoms with Crippen LogP contribution in [0, 0.1) is 0 Å². The fraction of sp³-hybridized carbons (Fsp3) is 0.250. The fourth-order valence-corrected chi connectivity index (χ4v) is 2.75. The van der Waals surface area contributed by atoms with E-state index in [0.717, 1.165) is 30.8 Å². The van der Waals surface area contributed by atoms with Gasteiger partial charge >= 0.3 is 0 Å². The molecular weight excluding hydrogens is 286 g/mol. The fourth-order valence-electron chi connectivity index (χ4n) is 2.75. The first kappa shape index (κ1) is 15.5. The van der Waals surface area contributed by atoms with Crippen molar-refractivity contribution in [3.63, 3.8) is 0 Å². The van der Waals surface area contributed by atoms with Crippen molar-refractivity contribution in [2.75, 3.05) is 13.1 Å². The molecule has 3 rings (SSSR count). The SMILES string of the molecule is CCN(CC)Cc1ccc2oc(-c3ccccc3)cc(=O)c2c1. The molecule has 0 aliphatic heterocycles. The van der Waals surface area contributed by atoms with Crippen molar-refractivity contribution in [3.8, 4) is 11.3 Å². The predicted molar refractivity (Wildman–Crippen MR) is 94.5 cm³/mol. The highest BCUT2D eigenvalue weighted by molar-refractivity contribution is 5.79.